The van der Waals surface area contributed by atoms with Gasteiger partial charge in [0.2, 0.25) is 23.6 Å². The number of amides is 8. The van der Waals surface area contributed by atoms with Crippen molar-refractivity contribution in [2.45, 2.75) is 54.1 Å². The van der Waals surface area contributed by atoms with Crippen molar-refractivity contribution in [1.82, 2.24) is 62.1 Å². The second-order valence-corrected chi connectivity index (χ2v) is 23.6. The van der Waals surface area contributed by atoms with Gasteiger partial charge in [0.15, 0.2) is 23.0 Å². The van der Waals surface area contributed by atoms with E-state index in [1.54, 1.807) is 12.1 Å². The Hall–Kier alpha value is -10.5. The number of benzene rings is 4. The van der Waals surface area contributed by atoms with E-state index in [0.717, 1.165) is 33.3 Å². The van der Waals surface area contributed by atoms with Gasteiger partial charge in [0.25, 0.3) is 17.7 Å². The van der Waals surface area contributed by atoms with Gasteiger partial charge < -0.3 is 85.2 Å². The van der Waals surface area contributed by atoms with E-state index >= 15 is 0 Å². The molecule has 0 bridgehead atoms. The molecule has 4 aromatic rings. The lowest BCUT2D eigenvalue weighted by atomic mass is 10.1. The lowest BCUT2D eigenvalue weighted by Gasteiger charge is -2.33. The van der Waals surface area contributed by atoms with Gasteiger partial charge in [0, 0.05) is 158 Å². The van der Waals surface area contributed by atoms with E-state index in [2.05, 4.69) is 42.5 Å². The number of esters is 5. The number of carbonyl (C=O) groups excluding carboxylic acids is 13. The molecular weight excluding hydrogens is 1370 g/mol. The minimum Gasteiger partial charge on any atom is -0.445 e. The van der Waals surface area contributed by atoms with Crippen LogP contribution in [-0.4, -0.2) is 267 Å². The first-order valence-corrected chi connectivity index (χ1v) is 34.3. The van der Waals surface area contributed by atoms with Gasteiger partial charge in [-0.2, -0.15) is 0 Å². The van der Waals surface area contributed by atoms with Crippen LogP contribution < -0.4 is 66.2 Å². The predicted molar refractivity (Wildman–Crippen MR) is 377 cm³/mol. The highest BCUT2D eigenvalue weighted by atomic mass is 16.6. The molecule has 105 heavy (non-hydrogen) atoms. The number of para-hydroxylation sites is 2. The van der Waals surface area contributed by atoms with Gasteiger partial charge in [-0.25, -0.2) is 4.79 Å². The molecule has 0 aliphatic carbocycles. The van der Waals surface area contributed by atoms with E-state index in [9.17, 15) is 62.3 Å². The Kier molecular flexibility index (Phi) is 39.3. The second kappa shape index (κ2) is 48.5. The normalized spacial score (nSPS) is 13.0. The molecule has 0 radical (unpaired) electrons. The summed E-state index contributed by atoms with van der Waals surface area (Å²) in [4.78, 5) is 173. The molecule has 1 heterocycles. The fourth-order valence-corrected chi connectivity index (χ4v) is 9.98. The Morgan fingerprint density at radius 3 is 1.10 bits per heavy atom. The topological polar surface area (TPSA) is 414 Å². The minimum absolute atomic E-state index is 0.0450. The van der Waals surface area contributed by atoms with Gasteiger partial charge in [0.05, 0.1) is 63.7 Å². The van der Waals surface area contributed by atoms with Gasteiger partial charge in [0.1, 0.15) is 12.4 Å². The van der Waals surface area contributed by atoms with E-state index in [-0.39, 0.29) is 176 Å². The summed E-state index contributed by atoms with van der Waals surface area (Å²) in [5.74, 6) is -7.59. The molecule has 572 valence electrons. The smallest absolute Gasteiger partial charge is 0.407 e. The maximum Gasteiger partial charge on any atom is 0.407 e. The van der Waals surface area contributed by atoms with E-state index in [1.807, 2.05) is 49.9 Å². The van der Waals surface area contributed by atoms with Crippen molar-refractivity contribution in [3.8, 4) is 28.7 Å². The number of nitrogens with zero attached hydrogens (tertiary/aromatic N) is 4. The monoisotopic (exact) mass is 1470 g/mol. The quantitative estimate of drug-likeness (QED) is 0.0169. The Morgan fingerprint density at radius 1 is 0.343 bits per heavy atom. The third-order valence-electron chi connectivity index (χ3n) is 14.9. The number of ether oxygens (including phenoxy) is 9. The van der Waals surface area contributed by atoms with Crippen molar-refractivity contribution in [2.24, 2.45) is 0 Å². The number of nitrogens with one attached hydrogen (secondary N) is 8. The molecule has 34 nitrogen and oxygen atoms in total. The summed E-state index contributed by atoms with van der Waals surface area (Å²) < 4.78 is 48.0. The first kappa shape index (κ1) is 85.2. The molecule has 34 heteroatoms. The van der Waals surface area contributed by atoms with Gasteiger partial charge in [-0.3, -0.25) is 77.1 Å². The van der Waals surface area contributed by atoms with Crippen molar-refractivity contribution in [2.75, 3.05) is 171 Å². The fourth-order valence-electron chi connectivity index (χ4n) is 9.98. The number of rotatable bonds is 41. The summed E-state index contributed by atoms with van der Waals surface area (Å²) in [5, 5.41) is 22.1. The average Bonchev–Trinajstić information content (AvgIpc) is 0.829. The second-order valence-electron chi connectivity index (χ2n) is 23.6. The number of carbonyl (C=O) groups is 13. The Morgan fingerprint density at radius 2 is 0.695 bits per heavy atom. The Balaban J connectivity index is 1.20. The van der Waals surface area contributed by atoms with Crippen LogP contribution in [0.3, 0.4) is 0 Å². The highest BCUT2D eigenvalue weighted by Crippen LogP contribution is 2.33. The maximum atomic E-state index is 13.8. The summed E-state index contributed by atoms with van der Waals surface area (Å²) in [7, 11) is 0. The van der Waals surface area contributed by atoms with Crippen LogP contribution in [0.4, 0.5) is 4.79 Å². The largest absolute Gasteiger partial charge is 0.445 e. The number of hydrogen-bond acceptors (Lipinski definition) is 26. The zero-order chi connectivity index (χ0) is 76.1. The van der Waals surface area contributed by atoms with Gasteiger partial charge in [-0.15, -0.1) is 0 Å². The van der Waals surface area contributed by atoms with Crippen molar-refractivity contribution in [3.05, 3.63) is 113 Å². The SMILES string of the molecule is CC(=O)Oc1cccc(C(=O)NCCNC(=O)CN2CCN(CC(=O)NCCCOCCOCCOCCCNC(=O)OCc3ccccc3)CCN(CC(=O)NCCNC(=O)c3cccc(OC(C)=O)c3OC(C)=O)CCN(CC(=O)NCCNC(=O)c3cccc(OC(C)=O)c3OC(C)=O)CC2)c1. The van der Waals surface area contributed by atoms with Crippen molar-refractivity contribution < 1.29 is 105 Å². The first-order valence-electron chi connectivity index (χ1n) is 34.3. The van der Waals surface area contributed by atoms with Crippen molar-refractivity contribution >= 4 is 77.3 Å². The molecule has 1 aliphatic heterocycles. The summed E-state index contributed by atoms with van der Waals surface area (Å²) in [6.07, 6.45) is 0.577. The van der Waals surface area contributed by atoms with Crippen LogP contribution in [0.2, 0.25) is 0 Å². The van der Waals surface area contributed by atoms with Crippen LogP contribution >= 0.6 is 0 Å². The molecule has 4 aromatic carbocycles. The molecule has 0 aromatic heterocycles. The fraction of sp³-hybridized carbons (Fsp3) is 0.479. The average molecular weight is 1470 g/mol. The lowest BCUT2D eigenvalue weighted by Crippen LogP contribution is -2.52. The molecule has 0 spiro atoms. The van der Waals surface area contributed by atoms with Gasteiger partial charge in [-0.1, -0.05) is 48.5 Å². The van der Waals surface area contributed by atoms with Gasteiger partial charge >= 0.3 is 35.9 Å². The zero-order valence-electron chi connectivity index (χ0n) is 59.9. The van der Waals surface area contributed by atoms with Crippen molar-refractivity contribution in [3.63, 3.8) is 0 Å². The lowest BCUT2D eigenvalue weighted by molar-refractivity contribution is -0.134. The Labute approximate surface area is 608 Å². The zero-order valence-corrected chi connectivity index (χ0v) is 59.9. The van der Waals surface area contributed by atoms with Crippen LogP contribution in [0.5, 0.6) is 28.7 Å². The molecule has 8 N–H and O–H groups in total. The number of alkyl carbamates (subject to hydrolysis) is 1. The van der Waals surface area contributed by atoms with E-state index in [4.69, 9.17) is 42.6 Å². The highest BCUT2D eigenvalue weighted by molar-refractivity contribution is 6.00. The van der Waals surface area contributed by atoms with E-state index < -0.39 is 71.4 Å². The summed E-state index contributed by atoms with van der Waals surface area (Å²) in [5.41, 5.74) is 0.912. The van der Waals surface area contributed by atoms with Crippen molar-refractivity contribution in [1.29, 1.82) is 0 Å². The molecule has 0 atom stereocenters. The summed E-state index contributed by atoms with van der Waals surface area (Å²) >= 11 is 0. The molecule has 5 rings (SSSR count). The minimum atomic E-state index is -0.770. The van der Waals surface area contributed by atoms with Gasteiger partial charge in [-0.05, 0) is 60.9 Å². The molecular formula is C71H96N12O22. The van der Waals surface area contributed by atoms with Crippen LogP contribution in [0.1, 0.15) is 84.1 Å². The van der Waals surface area contributed by atoms with Crippen LogP contribution in [0.15, 0.2) is 91.0 Å². The van der Waals surface area contributed by atoms with Crippen LogP contribution in [0.25, 0.3) is 0 Å². The van der Waals surface area contributed by atoms with Crippen LogP contribution in [-0.2, 0) is 68.7 Å². The molecule has 0 saturated carbocycles. The molecule has 0 unspecified atom stereocenters. The van der Waals surface area contributed by atoms with Crippen LogP contribution in [0, 0.1) is 0 Å². The molecule has 1 fully saturated rings. The molecule has 1 aliphatic rings. The summed E-state index contributed by atoms with van der Waals surface area (Å²) in [6, 6.07) is 23.7. The third kappa shape index (κ3) is 36.0. The molecule has 1 saturated heterocycles. The van der Waals surface area contributed by atoms with E-state index in [0.29, 0.717) is 65.6 Å². The number of hydrogen-bond donors (Lipinski definition) is 8. The Bertz CT molecular complexity index is 3530. The summed E-state index contributed by atoms with van der Waals surface area (Å²) in [6.45, 7) is 9.82. The van der Waals surface area contributed by atoms with E-state index in [1.165, 1.54) is 55.5 Å². The predicted octanol–water partition coefficient (Wildman–Crippen LogP) is 0.346. The standard InChI is InChI=1S/C71H96N12O22/c1-50(84)101-57-17-9-16-56(44-57)68(93)76-27-24-73-63(90)46-81-32-30-80(45-62(89)72-22-12-38-97-40-42-99-43-41-98-39-13-23-79-71(96)100-49-55-14-7-6-8-15-55)31-33-82(47-64(91)74-25-28-77-69(94)58-18-10-20-60(102-51(2)85)66(58)104-53(4)87)35-37-83(36-34-81)48-65(92)75-26-29-78-70(95)59-19-11-21-61(103-52(3)86)67(59)105-54(5)88/h6-11,14-21,44H,12-13,22-43,45-49H2,1-5H3,(H,72,89)(H,73,90)(H,74,91)(H,75,92)(H,76,93)(H,77,94)(H,78,95)(H,79,96). The first-order chi connectivity index (χ1) is 50.5. The molecule has 8 amide bonds. The highest BCUT2D eigenvalue weighted by Gasteiger charge is 2.25. The maximum absolute atomic E-state index is 13.8. The third-order valence-corrected chi connectivity index (χ3v) is 14.9.